The fourth-order valence-electron chi connectivity index (χ4n) is 2.53. The topological polar surface area (TPSA) is 42.2 Å². The number of benzene rings is 1. The minimum Gasteiger partial charge on any atom is -0.338 e. The van der Waals surface area contributed by atoms with Gasteiger partial charge in [0.15, 0.2) is 5.82 Å². The third-order valence-electron chi connectivity index (χ3n) is 3.66. The van der Waals surface area contributed by atoms with Gasteiger partial charge < -0.3 is 4.52 Å². The number of aromatic nitrogens is 2. The van der Waals surface area contributed by atoms with Crippen molar-refractivity contribution < 1.29 is 4.52 Å². The molecule has 3 rings (SSSR count). The van der Waals surface area contributed by atoms with Crippen LogP contribution in [0.5, 0.6) is 0 Å². The molecule has 0 saturated carbocycles. The highest BCUT2D eigenvalue weighted by atomic mass is 32.1. The van der Waals surface area contributed by atoms with E-state index >= 15 is 0 Å². The van der Waals surface area contributed by atoms with E-state index in [0.717, 1.165) is 19.5 Å². The van der Waals surface area contributed by atoms with Gasteiger partial charge in [0.05, 0.1) is 6.54 Å². The molecule has 120 valence electrons. The predicted octanol–water partition coefficient (Wildman–Crippen LogP) is 3.99. The minimum atomic E-state index is 0.684. The van der Waals surface area contributed by atoms with Crippen molar-refractivity contribution in [1.82, 2.24) is 15.0 Å². The lowest BCUT2D eigenvalue weighted by atomic mass is 10.1. The van der Waals surface area contributed by atoms with E-state index in [9.17, 15) is 0 Å². The molecule has 0 spiro atoms. The van der Waals surface area contributed by atoms with Crippen molar-refractivity contribution in [3.63, 3.8) is 0 Å². The average Bonchev–Trinajstić information content (AvgIpc) is 3.14. The van der Waals surface area contributed by atoms with Crippen molar-refractivity contribution in [3.05, 3.63) is 69.5 Å². The summed E-state index contributed by atoms with van der Waals surface area (Å²) in [6.45, 7) is 6.55. The lowest BCUT2D eigenvalue weighted by Crippen LogP contribution is -2.25. The number of hydrogen-bond donors (Lipinski definition) is 0. The van der Waals surface area contributed by atoms with E-state index in [0.29, 0.717) is 18.3 Å². The van der Waals surface area contributed by atoms with Crippen molar-refractivity contribution in [2.24, 2.45) is 0 Å². The second-order valence-electron chi connectivity index (χ2n) is 5.69. The summed E-state index contributed by atoms with van der Waals surface area (Å²) < 4.78 is 5.29. The Morgan fingerprint density at radius 3 is 2.52 bits per heavy atom. The Kier molecular flexibility index (Phi) is 5.20. The lowest BCUT2D eigenvalue weighted by Gasteiger charge is -2.19. The Bertz CT molecular complexity index is 693. The van der Waals surface area contributed by atoms with E-state index in [1.165, 1.54) is 15.3 Å². The molecule has 0 aliphatic rings. The van der Waals surface area contributed by atoms with Gasteiger partial charge >= 0.3 is 0 Å². The van der Waals surface area contributed by atoms with Crippen molar-refractivity contribution in [2.45, 2.75) is 33.4 Å². The second kappa shape index (κ2) is 7.53. The molecule has 0 atom stereocenters. The van der Waals surface area contributed by atoms with Gasteiger partial charge in [0.2, 0.25) is 5.89 Å². The fourth-order valence-corrected chi connectivity index (χ4v) is 3.46. The molecule has 2 heterocycles. The summed E-state index contributed by atoms with van der Waals surface area (Å²) >= 11 is 1.85. The van der Waals surface area contributed by atoms with Crippen LogP contribution in [0, 0.1) is 13.8 Å². The van der Waals surface area contributed by atoms with Gasteiger partial charge in [-0.05, 0) is 38.0 Å². The molecule has 0 unspecified atom stereocenters. The van der Waals surface area contributed by atoms with Crippen LogP contribution in [-0.2, 0) is 19.5 Å². The summed E-state index contributed by atoms with van der Waals surface area (Å²) in [7, 11) is 0. The highest BCUT2D eigenvalue weighted by Gasteiger charge is 2.13. The van der Waals surface area contributed by atoms with Gasteiger partial charge in [-0.3, -0.25) is 4.90 Å². The van der Waals surface area contributed by atoms with Crippen LogP contribution in [0.2, 0.25) is 0 Å². The molecule has 0 N–H and O–H groups in total. The van der Waals surface area contributed by atoms with Gasteiger partial charge in [0.25, 0.3) is 0 Å². The maximum Gasteiger partial charge on any atom is 0.240 e. The van der Waals surface area contributed by atoms with Crippen molar-refractivity contribution in [1.29, 1.82) is 0 Å². The number of rotatable bonds is 7. The zero-order valence-corrected chi connectivity index (χ0v) is 14.3. The molecule has 0 saturated heterocycles. The monoisotopic (exact) mass is 327 g/mol. The standard InChI is InChI=1S/C18H21N3OS/c1-14-8-9-17(23-14)12-21(13-18-19-15(2)20-22-18)11-10-16-6-4-3-5-7-16/h3-9H,10-13H2,1-2H3. The van der Waals surface area contributed by atoms with Crippen LogP contribution < -0.4 is 0 Å². The molecule has 0 aliphatic carbocycles. The van der Waals surface area contributed by atoms with E-state index in [1.54, 1.807) is 0 Å². The maximum absolute atomic E-state index is 5.29. The Hall–Kier alpha value is -1.98. The summed E-state index contributed by atoms with van der Waals surface area (Å²) in [5.41, 5.74) is 1.35. The Morgan fingerprint density at radius 2 is 1.87 bits per heavy atom. The quantitative estimate of drug-likeness (QED) is 0.658. The Labute approximate surface area is 140 Å². The van der Waals surface area contributed by atoms with Crippen LogP contribution in [0.15, 0.2) is 47.0 Å². The molecule has 5 heteroatoms. The fraction of sp³-hybridized carbons (Fsp3) is 0.333. The van der Waals surface area contributed by atoms with Crippen LogP contribution in [0.25, 0.3) is 0 Å². The van der Waals surface area contributed by atoms with Crippen LogP contribution in [0.1, 0.15) is 27.0 Å². The van der Waals surface area contributed by atoms with Crippen LogP contribution in [-0.4, -0.2) is 21.6 Å². The first-order chi connectivity index (χ1) is 11.2. The Morgan fingerprint density at radius 1 is 1.04 bits per heavy atom. The molecule has 1 aromatic carbocycles. The molecule has 3 aromatic rings. The second-order valence-corrected chi connectivity index (χ2v) is 7.07. The number of thiophene rings is 1. The zero-order valence-electron chi connectivity index (χ0n) is 13.5. The molecule has 0 radical (unpaired) electrons. The van der Waals surface area contributed by atoms with Gasteiger partial charge in [0, 0.05) is 22.8 Å². The smallest absolute Gasteiger partial charge is 0.240 e. The predicted molar refractivity (Wildman–Crippen MR) is 92.4 cm³/mol. The molecule has 4 nitrogen and oxygen atoms in total. The van der Waals surface area contributed by atoms with Gasteiger partial charge in [-0.1, -0.05) is 35.5 Å². The first kappa shape index (κ1) is 15.9. The highest BCUT2D eigenvalue weighted by Crippen LogP contribution is 2.18. The van der Waals surface area contributed by atoms with Gasteiger partial charge in [-0.2, -0.15) is 4.98 Å². The molecule has 2 aromatic heterocycles. The van der Waals surface area contributed by atoms with Crippen LogP contribution in [0.4, 0.5) is 0 Å². The largest absolute Gasteiger partial charge is 0.338 e. The van der Waals surface area contributed by atoms with E-state index < -0.39 is 0 Å². The Balaban J connectivity index is 1.67. The van der Waals surface area contributed by atoms with Gasteiger partial charge in [-0.25, -0.2) is 0 Å². The van der Waals surface area contributed by atoms with E-state index in [4.69, 9.17) is 4.52 Å². The molecule has 0 aliphatic heterocycles. The third-order valence-corrected chi connectivity index (χ3v) is 4.65. The summed E-state index contributed by atoms with van der Waals surface area (Å²) in [6.07, 6.45) is 1.01. The van der Waals surface area contributed by atoms with Crippen molar-refractivity contribution in [2.75, 3.05) is 6.54 Å². The third kappa shape index (κ3) is 4.74. The first-order valence-electron chi connectivity index (χ1n) is 7.80. The van der Waals surface area contributed by atoms with Gasteiger partial charge in [-0.15, -0.1) is 11.3 Å². The summed E-state index contributed by atoms with van der Waals surface area (Å²) in [5, 5.41) is 3.89. The molecule has 0 bridgehead atoms. The highest BCUT2D eigenvalue weighted by molar-refractivity contribution is 7.11. The normalized spacial score (nSPS) is 11.3. The molecular formula is C18H21N3OS. The van der Waals surface area contributed by atoms with Crippen LogP contribution >= 0.6 is 11.3 Å². The lowest BCUT2D eigenvalue weighted by molar-refractivity contribution is 0.222. The SMILES string of the molecule is Cc1noc(CN(CCc2ccccc2)Cc2ccc(C)s2)n1. The average molecular weight is 327 g/mol. The number of hydrogen-bond acceptors (Lipinski definition) is 5. The zero-order chi connectivity index (χ0) is 16.1. The molecule has 0 amide bonds. The van der Waals surface area contributed by atoms with E-state index in [1.807, 2.05) is 18.3 Å². The van der Waals surface area contributed by atoms with E-state index in [-0.39, 0.29) is 0 Å². The molecule has 0 fully saturated rings. The molecule has 23 heavy (non-hydrogen) atoms. The minimum absolute atomic E-state index is 0.684. The summed E-state index contributed by atoms with van der Waals surface area (Å²) in [4.78, 5) is 9.41. The maximum atomic E-state index is 5.29. The number of nitrogens with zero attached hydrogens (tertiary/aromatic N) is 3. The first-order valence-corrected chi connectivity index (χ1v) is 8.61. The van der Waals surface area contributed by atoms with Crippen LogP contribution in [0.3, 0.4) is 0 Å². The van der Waals surface area contributed by atoms with Gasteiger partial charge in [0.1, 0.15) is 0 Å². The van der Waals surface area contributed by atoms with E-state index in [2.05, 4.69) is 64.4 Å². The summed E-state index contributed by atoms with van der Waals surface area (Å²) in [6, 6.07) is 14.9. The summed E-state index contributed by atoms with van der Waals surface area (Å²) in [5.74, 6) is 1.37. The molecular weight excluding hydrogens is 306 g/mol. The van der Waals surface area contributed by atoms with Crippen molar-refractivity contribution in [3.8, 4) is 0 Å². The number of aryl methyl sites for hydroxylation is 2. The van der Waals surface area contributed by atoms with Crippen molar-refractivity contribution >= 4 is 11.3 Å².